The monoisotopic (exact) mass is 303 g/mol. The molecule has 0 saturated heterocycles. The quantitative estimate of drug-likeness (QED) is 0.462. The van der Waals surface area contributed by atoms with E-state index < -0.39 is 11.9 Å². The minimum atomic E-state index is -0.645. The zero-order valence-electron chi connectivity index (χ0n) is 12.4. The molecule has 0 bridgehead atoms. The maximum Gasteiger partial charge on any atom is 0.331 e. The van der Waals surface area contributed by atoms with Gasteiger partial charge in [0, 0.05) is 17.7 Å². The van der Waals surface area contributed by atoms with E-state index >= 15 is 0 Å². The molecule has 1 amide bonds. The van der Waals surface area contributed by atoms with Gasteiger partial charge in [-0.2, -0.15) is 0 Å². The first kappa shape index (κ1) is 17.1. The number of terminal acetylenes is 1. The molecule has 1 aromatic rings. The topological polar surface area (TPSA) is 73.9 Å². The molecule has 0 aromatic heterocycles. The SMILES string of the molecule is C#CCNC(=O)COC(=O)/C=C/c1ccc(OC)cc1OC. The van der Waals surface area contributed by atoms with Gasteiger partial charge in [-0.05, 0) is 18.2 Å². The van der Waals surface area contributed by atoms with Gasteiger partial charge < -0.3 is 19.5 Å². The fourth-order valence-corrected chi connectivity index (χ4v) is 1.50. The summed E-state index contributed by atoms with van der Waals surface area (Å²) in [6.07, 6.45) is 7.72. The summed E-state index contributed by atoms with van der Waals surface area (Å²) < 4.78 is 15.0. The van der Waals surface area contributed by atoms with E-state index in [4.69, 9.17) is 20.6 Å². The maximum atomic E-state index is 11.5. The van der Waals surface area contributed by atoms with Gasteiger partial charge >= 0.3 is 5.97 Å². The van der Waals surface area contributed by atoms with Crippen molar-refractivity contribution < 1.29 is 23.8 Å². The van der Waals surface area contributed by atoms with Crippen LogP contribution < -0.4 is 14.8 Å². The van der Waals surface area contributed by atoms with Crippen LogP contribution in [0.15, 0.2) is 24.3 Å². The van der Waals surface area contributed by atoms with E-state index in [2.05, 4.69) is 11.2 Å². The minimum absolute atomic E-state index is 0.0925. The van der Waals surface area contributed by atoms with Crippen LogP contribution in [-0.4, -0.2) is 39.2 Å². The highest BCUT2D eigenvalue weighted by atomic mass is 16.5. The number of nitrogens with one attached hydrogen (secondary N) is 1. The number of carbonyl (C=O) groups is 2. The van der Waals surface area contributed by atoms with Gasteiger partial charge in [0.1, 0.15) is 11.5 Å². The summed E-state index contributed by atoms with van der Waals surface area (Å²) in [5, 5.41) is 2.38. The number of hydrogen-bond donors (Lipinski definition) is 1. The van der Waals surface area contributed by atoms with Crippen molar-refractivity contribution in [2.24, 2.45) is 0 Å². The lowest BCUT2D eigenvalue weighted by Crippen LogP contribution is -2.28. The van der Waals surface area contributed by atoms with Crippen LogP contribution in [-0.2, 0) is 14.3 Å². The highest BCUT2D eigenvalue weighted by molar-refractivity contribution is 5.89. The molecule has 0 unspecified atom stereocenters. The van der Waals surface area contributed by atoms with Crippen molar-refractivity contribution >= 4 is 18.0 Å². The lowest BCUT2D eigenvalue weighted by molar-refractivity contribution is -0.143. The summed E-state index contributed by atoms with van der Waals surface area (Å²) in [4.78, 5) is 22.7. The Kier molecular flexibility index (Phi) is 7.06. The Morgan fingerprint density at radius 3 is 2.73 bits per heavy atom. The van der Waals surface area contributed by atoms with Crippen molar-refractivity contribution in [3.05, 3.63) is 29.8 Å². The molecule has 0 spiro atoms. The van der Waals surface area contributed by atoms with Gasteiger partial charge in [0.2, 0.25) is 0 Å². The van der Waals surface area contributed by atoms with Crippen molar-refractivity contribution in [3.8, 4) is 23.8 Å². The molecule has 0 saturated carbocycles. The third kappa shape index (κ3) is 5.59. The van der Waals surface area contributed by atoms with Gasteiger partial charge in [-0.1, -0.05) is 5.92 Å². The second kappa shape index (κ2) is 9.08. The predicted octanol–water partition coefficient (Wildman–Crippen LogP) is 1.01. The van der Waals surface area contributed by atoms with Crippen LogP contribution in [0.3, 0.4) is 0 Å². The van der Waals surface area contributed by atoms with Crippen molar-refractivity contribution in [3.63, 3.8) is 0 Å². The Morgan fingerprint density at radius 1 is 1.32 bits per heavy atom. The summed E-state index contributed by atoms with van der Waals surface area (Å²) >= 11 is 0. The maximum absolute atomic E-state index is 11.5. The molecule has 1 aromatic carbocycles. The Hall–Kier alpha value is -2.94. The molecule has 6 nitrogen and oxygen atoms in total. The number of rotatable bonds is 7. The Bertz CT molecular complexity index is 601. The third-order valence-electron chi connectivity index (χ3n) is 2.57. The fraction of sp³-hybridized carbons (Fsp3) is 0.250. The van der Waals surface area contributed by atoms with Gasteiger partial charge in [0.05, 0.1) is 20.8 Å². The van der Waals surface area contributed by atoms with Gasteiger partial charge in [-0.3, -0.25) is 4.79 Å². The fourth-order valence-electron chi connectivity index (χ4n) is 1.50. The lowest BCUT2D eigenvalue weighted by atomic mass is 10.2. The van der Waals surface area contributed by atoms with Crippen LogP contribution in [0.4, 0.5) is 0 Å². The van der Waals surface area contributed by atoms with Gasteiger partial charge in [-0.15, -0.1) is 6.42 Å². The molecule has 0 fully saturated rings. The molecule has 116 valence electrons. The zero-order valence-corrected chi connectivity index (χ0v) is 12.4. The molecule has 1 rings (SSSR count). The molecule has 0 atom stereocenters. The molecular weight excluding hydrogens is 286 g/mol. The Labute approximate surface area is 129 Å². The average molecular weight is 303 g/mol. The molecule has 0 aliphatic rings. The van der Waals surface area contributed by atoms with Crippen LogP contribution >= 0.6 is 0 Å². The van der Waals surface area contributed by atoms with E-state index in [0.717, 1.165) is 0 Å². The van der Waals surface area contributed by atoms with E-state index in [1.165, 1.54) is 19.3 Å². The number of hydrogen-bond acceptors (Lipinski definition) is 5. The summed E-state index contributed by atoms with van der Waals surface area (Å²) in [5.74, 6) is 2.33. The molecule has 6 heteroatoms. The smallest absolute Gasteiger partial charge is 0.331 e. The summed E-state index contributed by atoms with van der Waals surface area (Å²) in [5.41, 5.74) is 0.678. The zero-order chi connectivity index (χ0) is 16.4. The van der Waals surface area contributed by atoms with Gasteiger partial charge in [-0.25, -0.2) is 4.79 Å². The molecule has 0 heterocycles. The first-order valence-corrected chi connectivity index (χ1v) is 6.37. The molecule has 0 radical (unpaired) electrons. The van der Waals surface area contributed by atoms with Crippen LogP contribution in [0.1, 0.15) is 5.56 Å². The van der Waals surface area contributed by atoms with Crippen molar-refractivity contribution in [1.82, 2.24) is 5.32 Å². The number of benzene rings is 1. The van der Waals surface area contributed by atoms with E-state index in [0.29, 0.717) is 17.1 Å². The number of ether oxygens (including phenoxy) is 3. The second-order valence-electron chi connectivity index (χ2n) is 4.03. The van der Waals surface area contributed by atoms with Crippen molar-refractivity contribution in [1.29, 1.82) is 0 Å². The lowest BCUT2D eigenvalue weighted by Gasteiger charge is -2.07. The molecule has 22 heavy (non-hydrogen) atoms. The number of amides is 1. The molecule has 0 aliphatic carbocycles. The normalized spacial score (nSPS) is 9.86. The average Bonchev–Trinajstić information content (AvgIpc) is 2.55. The minimum Gasteiger partial charge on any atom is -0.497 e. The van der Waals surface area contributed by atoms with Gasteiger partial charge in [0.15, 0.2) is 6.61 Å². The standard InChI is InChI=1S/C16H17NO5/c1-4-9-17-15(18)11-22-16(19)8-6-12-5-7-13(20-2)10-14(12)21-3/h1,5-8,10H,9,11H2,2-3H3,(H,17,18)/b8-6+. The number of methoxy groups -OCH3 is 2. The van der Waals surface area contributed by atoms with E-state index in [-0.39, 0.29) is 13.2 Å². The number of carbonyl (C=O) groups excluding carboxylic acids is 2. The van der Waals surface area contributed by atoms with Crippen LogP contribution in [0.2, 0.25) is 0 Å². The van der Waals surface area contributed by atoms with Crippen LogP contribution in [0.25, 0.3) is 6.08 Å². The van der Waals surface area contributed by atoms with Crippen molar-refractivity contribution in [2.45, 2.75) is 0 Å². The molecule has 0 aliphatic heterocycles. The van der Waals surface area contributed by atoms with Crippen molar-refractivity contribution in [2.75, 3.05) is 27.4 Å². The Morgan fingerprint density at radius 2 is 2.09 bits per heavy atom. The first-order chi connectivity index (χ1) is 10.6. The summed E-state index contributed by atoms with van der Waals surface area (Å²) in [6, 6.07) is 5.17. The van der Waals surface area contributed by atoms with Crippen LogP contribution in [0, 0.1) is 12.3 Å². The first-order valence-electron chi connectivity index (χ1n) is 6.37. The predicted molar refractivity (Wildman–Crippen MR) is 81.4 cm³/mol. The van der Waals surface area contributed by atoms with Gasteiger partial charge in [0.25, 0.3) is 5.91 Å². The second-order valence-corrected chi connectivity index (χ2v) is 4.03. The summed E-state index contributed by atoms with van der Waals surface area (Å²) in [7, 11) is 3.06. The van der Waals surface area contributed by atoms with Crippen LogP contribution in [0.5, 0.6) is 11.5 Å². The van der Waals surface area contributed by atoms with E-state index in [1.807, 2.05) is 0 Å². The highest BCUT2D eigenvalue weighted by Gasteiger charge is 2.05. The number of esters is 1. The largest absolute Gasteiger partial charge is 0.497 e. The summed E-state index contributed by atoms with van der Waals surface area (Å²) in [6.45, 7) is -0.292. The highest BCUT2D eigenvalue weighted by Crippen LogP contribution is 2.25. The molecular formula is C16H17NO5. The van der Waals surface area contributed by atoms with E-state index in [9.17, 15) is 9.59 Å². The van der Waals surface area contributed by atoms with E-state index in [1.54, 1.807) is 25.3 Å². The molecule has 1 N–H and O–H groups in total. The third-order valence-corrected chi connectivity index (χ3v) is 2.57. The Balaban J connectivity index is 2.59.